The van der Waals surface area contributed by atoms with E-state index >= 15 is 0 Å². The van der Waals surface area contributed by atoms with Gasteiger partial charge in [-0.15, -0.1) is 0 Å². The summed E-state index contributed by atoms with van der Waals surface area (Å²) in [7, 11) is 0. The number of non-ortho nitro benzene ring substituents is 1. The molecule has 0 spiro atoms. The number of hydrogen-bond acceptors (Lipinski definition) is 7. The Balaban J connectivity index is 1.85. The molecule has 28 heavy (non-hydrogen) atoms. The Morgan fingerprint density at radius 3 is 2.64 bits per heavy atom. The van der Waals surface area contributed by atoms with Crippen LogP contribution in [0.5, 0.6) is 5.75 Å². The van der Waals surface area contributed by atoms with E-state index in [4.69, 9.17) is 9.47 Å². The molecule has 1 aliphatic rings. The molecule has 1 aromatic rings. The van der Waals surface area contributed by atoms with E-state index in [1.54, 1.807) is 4.90 Å². The summed E-state index contributed by atoms with van der Waals surface area (Å²) in [4.78, 5) is 37.5. The van der Waals surface area contributed by atoms with E-state index in [1.807, 2.05) is 27.7 Å². The van der Waals surface area contributed by atoms with Gasteiger partial charge in [0.05, 0.1) is 10.5 Å². The fourth-order valence-corrected chi connectivity index (χ4v) is 2.99. The Kier molecular flexibility index (Phi) is 6.95. The van der Waals surface area contributed by atoms with Crippen LogP contribution in [0.4, 0.5) is 10.5 Å². The number of nitro benzene ring substituents is 1. The van der Waals surface area contributed by atoms with Crippen LogP contribution in [0, 0.1) is 10.1 Å². The van der Waals surface area contributed by atoms with Crippen LogP contribution < -0.4 is 4.74 Å². The summed E-state index contributed by atoms with van der Waals surface area (Å²) in [6.07, 6.45) is 0.238. The van der Waals surface area contributed by atoms with Crippen molar-refractivity contribution in [3.05, 3.63) is 33.9 Å². The van der Waals surface area contributed by atoms with Crippen molar-refractivity contribution in [2.75, 3.05) is 32.8 Å². The predicted octanol–water partition coefficient (Wildman–Crippen LogP) is 2.73. The molecule has 1 fully saturated rings. The maximum atomic E-state index is 12.3. The predicted molar refractivity (Wildman–Crippen MR) is 103 cm³/mol. The maximum absolute atomic E-state index is 12.3. The standard InChI is InChI=1S/C19H27N3O6/c1-14-12-20(7-8-21(14)18(24)28-19(2,3)4)9-10-27-17-6-5-16(22(25)26)11-15(17)13-23/h5-6,11,13-14H,7-10,12H2,1-4H3/t14-/m1/s1. The Morgan fingerprint density at radius 1 is 1.36 bits per heavy atom. The molecule has 1 aromatic carbocycles. The zero-order chi connectivity index (χ0) is 20.9. The van der Waals surface area contributed by atoms with E-state index in [2.05, 4.69) is 4.90 Å². The first kappa shape index (κ1) is 21.6. The molecule has 2 rings (SSSR count). The Morgan fingerprint density at radius 2 is 2.07 bits per heavy atom. The van der Waals surface area contributed by atoms with Crippen molar-refractivity contribution in [3.8, 4) is 5.75 Å². The van der Waals surface area contributed by atoms with Crippen LogP contribution in [-0.4, -0.2) is 71.5 Å². The minimum Gasteiger partial charge on any atom is -0.491 e. The summed E-state index contributed by atoms with van der Waals surface area (Å²) in [5.74, 6) is 0.320. The van der Waals surface area contributed by atoms with E-state index in [-0.39, 0.29) is 23.4 Å². The number of hydrogen-bond donors (Lipinski definition) is 0. The molecular weight excluding hydrogens is 366 g/mol. The smallest absolute Gasteiger partial charge is 0.410 e. The molecule has 1 amide bonds. The first-order chi connectivity index (χ1) is 13.1. The molecule has 0 unspecified atom stereocenters. The van der Waals surface area contributed by atoms with Crippen molar-refractivity contribution >= 4 is 18.1 Å². The molecule has 1 aliphatic heterocycles. The lowest BCUT2D eigenvalue weighted by Crippen LogP contribution is -2.55. The summed E-state index contributed by atoms with van der Waals surface area (Å²) >= 11 is 0. The third kappa shape index (κ3) is 5.91. The maximum Gasteiger partial charge on any atom is 0.410 e. The molecular formula is C19H27N3O6. The highest BCUT2D eigenvalue weighted by atomic mass is 16.6. The van der Waals surface area contributed by atoms with Crippen LogP contribution >= 0.6 is 0 Å². The number of aldehydes is 1. The lowest BCUT2D eigenvalue weighted by Gasteiger charge is -2.40. The summed E-state index contributed by atoms with van der Waals surface area (Å²) in [6, 6.07) is 3.95. The molecule has 0 radical (unpaired) electrons. The van der Waals surface area contributed by atoms with Crippen LogP contribution in [0.3, 0.4) is 0 Å². The third-order valence-electron chi connectivity index (χ3n) is 4.34. The number of amides is 1. The Hall–Kier alpha value is -2.68. The SMILES string of the molecule is C[C@@H]1CN(CCOc2ccc([N+](=O)[O-])cc2C=O)CCN1C(=O)OC(C)(C)C. The minimum atomic E-state index is -0.553. The second-order valence-corrected chi connectivity index (χ2v) is 7.77. The average molecular weight is 393 g/mol. The van der Waals surface area contributed by atoms with Crippen LogP contribution in [0.15, 0.2) is 18.2 Å². The summed E-state index contributed by atoms with van der Waals surface area (Å²) in [5.41, 5.74) is -0.526. The molecule has 0 aliphatic carbocycles. The van der Waals surface area contributed by atoms with Crippen LogP contribution in [-0.2, 0) is 4.74 Å². The number of benzene rings is 1. The monoisotopic (exact) mass is 393 g/mol. The summed E-state index contributed by atoms with van der Waals surface area (Å²) in [6.45, 7) is 10.4. The largest absolute Gasteiger partial charge is 0.491 e. The Bertz CT molecular complexity index is 731. The van der Waals surface area contributed by atoms with Crippen molar-refractivity contribution in [3.63, 3.8) is 0 Å². The summed E-state index contributed by atoms with van der Waals surface area (Å²) in [5, 5.41) is 10.8. The third-order valence-corrected chi connectivity index (χ3v) is 4.34. The molecule has 9 nitrogen and oxygen atoms in total. The zero-order valence-corrected chi connectivity index (χ0v) is 16.7. The lowest BCUT2D eigenvalue weighted by atomic mass is 10.2. The van der Waals surface area contributed by atoms with E-state index < -0.39 is 10.5 Å². The minimum absolute atomic E-state index is 0.00788. The highest BCUT2D eigenvalue weighted by Crippen LogP contribution is 2.23. The van der Waals surface area contributed by atoms with Crippen molar-refractivity contribution in [2.24, 2.45) is 0 Å². The first-order valence-electron chi connectivity index (χ1n) is 9.19. The van der Waals surface area contributed by atoms with Gasteiger partial charge in [0.2, 0.25) is 0 Å². The van der Waals surface area contributed by atoms with E-state index in [0.717, 1.165) is 0 Å². The van der Waals surface area contributed by atoms with Gasteiger partial charge in [0.25, 0.3) is 5.69 Å². The molecule has 1 saturated heterocycles. The van der Waals surface area contributed by atoms with Crippen LogP contribution in [0.2, 0.25) is 0 Å². The normalized spacial score (nSPS) is 17.9. The quantitative estimate of drug-likeness (QED) is 0.416. The van der Waals surface area contributed by atoms with Gasteiger partial charge < -0.3 is 14.4 Å². The molecule has 0 saturated carbocycles. The second kappa shape index (κ2) is 9.01. The topological polar surface area (TPSA) is 102 Å². The van der Waals surface area contributed by atoms with E-state index in [0.29, 0.717) is 44.8 Å². The van der Waals surface area contributed by atoms with Gasteiger partial charge in [0.1, 0.15) is 18.0 Å². The number of carbonyl (C=O) groups is 2. The van der Waals surface area contributed by atoms with Gasteiger partial charge in [0.15, 0.2) is 6.29 Å². The fraction of sp³-hybridized carbons (Fsp3) is 0.579. The number of rotatable bonds is 6. The highest BCUT2D eigenvalue weighted by Gasteiger charge is 2.30. The molecule has 1 atom stereocenters. The van der Waals surface area contributed by atoms with Crippen molar-refractivity contribution in [1.82, 2.24) is 9.80 Å². The lowest BCUT2D eigenvalue weighted by molar-refractivity contribution is -0.384. The molecule has 1 heterocycles. The number of carbonyl (C=O) groups excluding carboxylic acids is 2. The molecule has 154 valence electrons. The Labute approximate surface area is 164 Å². The van der Waals surface area contributed by atoms with Gasteiger partial charge in [-0.1, -0.05) is 0 Å². The zero-order valence-electron chi connectivity index (χ0n) is 16.7. The van der Waals surface area contributed by atoms with Gasteiger partial charge in [-0.25, -0.2) is 4.79 Å². The fourth-order valence-electron chi connectivity index (χ4n) is 2.99. The number of nitrogens with zero attached hydrogens (tertiary/aromatic N) is 3. The van der Waals surface area contributed by atoms with Crippen molar-refractivity contribution < 1.29 is 24.0 Å². The number of ether oxygens (including phenoxy) is 2. The van der Waals surface area contributed by atoms with Crippen molar-refractivity contribution in [1.29, 1.82) is 0 Å². The van der Waals surface area contributed by atoms with Gasteiger partial charge >= 0.3 is 6.09 Å². The highest BCUT2D eigenvalue weighted by molar-refractivity contribution is 5.80. The summed E-state index contributed by atoms with van der Waals surface area (Å²) < 4.78 is 11.1. The molecule has 0 N–H and O–H groups in total. The van der Waals surface area contributed by atoms with Gasteiger partial charge in [0, 0.05) is 44.4 Å². The van der Waals surface area contributed by atoms with Crippen LogP contribution in [0.25, 0.3) is 0 Å². The number of piperazine rings is 1. The molecule has 0 bridgehead atoms. The van der Waals surface area contributed by atoms with Gasteiger partial charge in [-0.2, -0.15) is 0 Å². The average Bonchev–Trinajstić information content (AvgIpc) is 2.60. The van der Waals surface area contributed by atoms with Crippen LogP contribution in [0.1, 0.15) is 38.1 Å². The van der Waals surface area contributed by atoms with E-state index in [9.17, 15) is 19.7 Å². The van der Waals surface area contributed by atoms with Gasteiger partial charge in [-0.05, 0) is 33.8 Å². The molecule has 0 aromatic heterocycles. The van der Waals surface area contributed by atoms with Crippen molar-refractivity contribution in [2.45, 2.75) is 39.3 Å². The van der Waals surface area contributed by atoms with E-state index in [1.165, 1.54) is 18.2 Å². The molecule has 9 heteroatoms. The second-order valence-electron chi connectivity index (χ2n) is 7.77. The first-order valence-corrected chi connectivity index (χ1v) is 9.19. The number of nitro groups is 1. The van der Waals surface area contributed by atoms with Gasteiger partial charge in [-0.3, -0.25) is 19.8 Å².